The Balaban J connectivity index is 3.09. The minimum atomic E-state index is -0.0522. The number of rotatable bonds is 4. The molecule has 0 aliphatic rings. The van der Waals surface area contributed by atoms with Crippen molar-refractivity contribution in [3.63, 3.8) is 0 Å². The van der Waals surface area contributed by atoms with E-state index in [1.54, 1.807) is 19.2 Å². The Labute approximate surface area is 94.6 Å². The molecule has 0 radical (unpaired) electrons. The van der Waals surface area contributed by atoms with Gasteiger partial charge in [0.2, 0.25) is 0 Å². The molecule has 15 heavy (non-hydrogen) atoms. The van der Waals surface area contributed by atoms with Gasteiger partial charge in [0.25, 0.3) is 0 Å². The van der Waals surface area contributed by atoms with E-state index in [-0.39, 0.29) is 6.04 Å². The second kappa shape index (κ2) is 5.59. The normalized spacial score (nSPS) is 11.9. The van der Waals surface area contributed by atoms with Gasteiger partial charge in [0, 0.05) is 16.6 Å². The lowest BCUT2D eigenvalue weighted by atomic mass is 10.0. The van der Waals surface area contributed by atoms with Crippen LogP contribution in [-0.4, -0.2) is 14.2 Å². The molecule has 3 nitrogen and oxygen atoms in total. The highest BCUT2D eigenvalue weighted by molar-refractivity contribution is 6.30. The van der Waals surface area contributed by atoms with Gasteiger partial charge in [-0.3, -0.25) is 0 Å². The summed E-state index contributed by atoms with van der Waals surface area (Å²) in [6.45, 7) is 0. The summed E-state index contributed by atoms with van der Waals surface area (Å²) in [7, 11) is 3.41. The van der Waals surface area contributed by atoms with Crippen LogP contribution >= 0.6 is 11.6 Å². The van der Waals surface area contributed by atoms with Gasteiger partial charge in [-0.25, -0.2) is 0 Å². The van der Waals surface area contributed by atoms with Gasteiger partial charge in [-0.2, -0.15) is 5.26 Å². The Hall–Kier alpha value is -1.24. The molecule has 0 amide bonds. The number of methoxy groups -OCH3 is 1. The van der Waals surface area contributed by atoms with Crippen LogP contribution in [0.1, 0.15) is 18.0 Å². The van der Waals surface area contributed by atoms with Gasteiger partial charge in [0.05, 0.1) is 19.6 Å². The molecule has 0 bridgehead atoms. The van der Waals surface area contributed by atoms with E-state index in [9.17, 15) is 0 Å². The summed E-state index contributed by atoms with van der Waals surface area (Å²) in [5.41, 5.74) is 0.911. The van der Waals surface area contributed by atoms with Crippen LogP contribution in [0.15, 0.2) is 18.2 Å². The molecule has 0 fully saturated rings. The van der Waals surface area contributed by atoms with E-state index >= 15 is 0 Å². The van der Waals surface area contributed by atoms with Gasteiger partial charge in [-0.05, 0) is 25.2 Å². The van der Waals surface area contributed by atoms with Crippen molar-refractivity contribution in [3.8, 4) is 11.8 Å². The zero-order valence-corrected chi connectivity index (χ0v) is 9.51. The fourth-order valence-corrected chi connectivity index (χ4v) is 1.62. The van der Waals surface area contributed by atoms with E-state index < -0.39 is 0 Å². The molecule has 1 aromatic rings. The van der Waals surface area contributed by atoms with E-state index in [0.717, 1.165) is 11.3 Å². The van der Waals surface area contributed by atoms with Crippen LogP contribution in [0.4, 0.5) is 0 Å². The van der Waals surface area contributed by atoms with Crippen molar-refractivity contribution in [2.24, 2.45) is 0 Å². The number of hydrogen-bond donors (Lipinski definition) is 1. The van der Waals surface area contributed by atoms with Crippen molar-refractivity contribution >= 4 is 11.6 Å². The molecule has 1 aromatic carbocycles. The molecule has 0 spiro atoms. The van der Waals surface area contributed by atoms with Gasteiger partial charge >= 0.3 is 0 Å². The number of nitriles is 1. The average molecular weight is 225 g/mol. The molecule has 1 unspecified atom stereocenters. The summed E-state index contributed by atoms with van der Waals surface area (Å²) < 4.78 is 5.22. The Morgan fingerprint density at radius 2 is 2.33 bits per heavy atom. The molecule has 0 aliphatic heterocycles. The second-order valence-electron chi connectivity index (χ2n) is 3.09. The lowest BCUT2D eigenvalue weighted by Gasteiger charge is -2.16. The third kappa shape index (κ3) is 2.85. The van der Waals surface area contributed by atoms with Crippen molar-refractivity contribution < 1.29 is 4.74 Å². The Kier molecular flexibility index (Phi) is 4.41. The fraction of sp³-hybridized carbons (Fsp3) is 0.364. The smallest absolute Gasteiger partial charge is 0.123 e. The maximum Gasteiger partial charge on any atom is 0.123 e. The highest BCUT2D eigenvalue weighted by atomic mass is 35.5. The topological polar surface area (TPSA) is 45.0 Å². The van der Waals surface area contributed by atoms with Crippen LogP contribution in [0, 0.1) is 11.3 Å². The van der Waals surface area contributed by atoms with E-state index in [1.165, 1.54) is 0 Å². The molecule has 0 heterocycles. The monoisotopic (exact) mass is 224 g/mol. The summed E-state index contributed by atoms with van der Waals surface area (Å²) in [5, 5.41) is 12.4. The first-order valence-electron chi connectivity index (χ1n) is 4.60. The highest BCUT2D eigenvalue weighted by Crippen LogP contribution is 2.29. The summed E-state index contributed by atoms with van der Waals surface area (Å²) in [4.78, 5) is 0. The van der Waals surface area contributed by atoms with Crippen molar-refractivity contribution in [2.75, 3.05) is 14.2 Å². The summed E-state index contributed by atoms with van der Waals surface area (Å²) in [6, 6.07) is 7.46. The van der Waals surface area contributed by atoms with Crippen LogP contribution in [0.5, 0.6) is 5.75 Å². The van der Waals surface area contributed by atoms with E-state index in [2.05, 4.69) is 11.4 Å². The molecule has 0 aromatic heterocycles. The number of nitrogens with one attached hydrogen (secondary N) is 1. The van der Waals surface area contributed by atoms with Crippen molar-refractivity contribution in [2.45, 2.75) is 12.5 Å². The molecule has 0 aliphatic carbocycles. The third-order valence-electron chi connectivity index (χ3n) is 2.21. The SMILES string of the molecule is CNC(CC#N)c1cc(Cl)ccc1OC. The molecular formula is C11H13ClN2O. The number of ether oxygens (including phenoxy) is 1. The zero-order chi connectivity index (χ0) is 11.3. The van der Waals surface area contributed by atoms with Crippen LogP contribution in [-0.2, 0) is 0 Å². The van der Waals surface area contributed by atoms with Gasteiger partial charge < -0.3 is 10.1 Å². The zero-order valence-electron chi connectivity index (χ0n) is 8.75. The number of nitrogens with zero attached hydrogens (tertiary/aromatic N) is 1. The molecular weight excluding hydrogens is 212 g/mol. The van der Waals surface area contributed by atoms with Crippen LogP contribution in [0.2, 0.25) is 5.02 Å². The second-order valence-corrected chi connectivity index (χ2v) is 3.53. The average Bonchev–Trinajstić information content (AvgIpc) is 2.26. The van der Waals surface area contributed by atoms with Crippen LogP contribution in [0.25, 0.3) is 0 Å². The molecule has 1 rings (SSSR count). The maximum absolute atomic E-state index is 8.70. The first kappa shape index (κ1) is 11.8. The highest BCUT2D eigenvalue weighted by Gasteiger charge is 2.14. The lowest BCUT2D eigenvalue weighted by molar-refractivity contribution is 0.402. The largest absolute Gasteiger partial charge is 0.496 e. The minimum absolute atomic E-state index is 0.0522. The summed E-state index contributed by atoms with van der Waals surface area (Å²) >= 11 is 5.91. The predicted octanol–water partition coefficient (Wildman–Crippen LogP) is 2.52. The van der Waals surface area contributed by atoms with Crippen molar-refractivity contribution in [3.05, 3.63) is 28.8 Å². The number of hydrogen-bond acceptors (Lipinski definition) is 3. The van der Waals surface area contributed by atoms with E-state index in [0.29, 0.717) is 11.4 Å². The Bertz CT molecular complexity index is 373. The van der Waals surface area contributed by atoms with Gasteiger partial charge in [-0.15, -0.1) is 0 Å². The van der Waals surface area contributed by atoms with Crippen molar-refractivity contribution in [1.29, 1.82) is 5.26 Å². The van der Waals surface area contributed by atoms with Gasteiger partial charge in [0.15, 0.2) is 0 Å². The number of halogens is 1. The van der Waals surface area contributed by atoms with Gasteiger partial charge in [0.1, 0.15) is 5.75 Å². The maximum atomic E-state index is 8.70. The molecule has 1 N–H and O–H groups in total. The Morgan fingerprint density at radius 1 is 1.60 bits per heavy atom. The first-order valence-corrected chi connectivity index (χ1v) is 4.98. The Morgan fingerprint density at radius 3 is 2.87 bits per heavy atom. The third-order valence-corrected chi connectivity index (χ3v) is 2.45. The molecule has 0 saturated heterocycles. The van der Waals surface area contributed by atoms with Crippen LogP contribution in [0.3, 0.4) is 0 Å². The summed E-state index contributed by atoms with van der Waals surface area (Å²) in [5.74, 6) is 0.744. The molecule has 1 atom stereocenters. The lowest BCUT2D eigenvalue weighted by Crippen LogP contribution is -2.16. The van der Waals surface area contributed by atoms with E-state index in [4.69, 9.17) is 21.6 Å². The number of benzene rings is 1. The minimum Gasteiger partial charge on any atom is -0.496 e. The predicted molar refractivity (Wildman–Crippen MR) is 60.0 cm³/mol. The van der Waals surface area contributed by atoms with E-state index in [1.807, 2.05) is 13.1 Å². The molecule has 80 valence electrons. The van der Waals surface area contributed by atoms with Gasteiger partial charge in [-0.1, -0.05) is 11.6 Å². The quantitative estimate of drug-likeness (QED) is 0.855. The fourth-order valence-electron chi connectivity index (χ4n) is 1.44. The van der Waals surface area contributed by atoms with Crippen molar-refractivity contribution in [1.82, 2.24) is 5.32 Å². The summed E-state index contributed by atoms with van der Waals surface area (Å²) in [6.07, 6.45) is 0.382. The standard InChI is InChI=1S/C11H13ClN2O/c1-14-10(5-6-13)9-7-8(12)3-4-11(9)15-2/h3-4,7,10,14H,5H2,1-2H3. The molecule has 0 saturated carbocycles. The first-order chi connectivity index (χ1) is 7.22. The van der Waals surface area contributed by atoms with Crippen LogP contribution < -0.4 is 10.1 Å². The molecule has 4 heteroatoms.